The predicted octanol–water partition coefficient (Wildman–Crippen LogP) is 3.41. The van der Waals surface area contributed by atoms with Crippen LogP contribution < -0.4 is 10.3 Å². The number of aromatic amines is 1. The number of aromatic nitrogens is 2. The fourth-order valence-electron chi connectivity index (χ4n) is 2.10. The first-order valence-corrected chi connectivity index (χ1v) is 6.50. The number of H-pyrrole nitrogens is 1. The molecule has 0 bridgehead atoms. The average molecular weight is 303 g/mol. The molecule has 3 aromatic rings. The van der Waals surface area contributed by atoms with Crippen LogP contribution in [0.15, 0.2) is 53.3 Å². The minimum atomic E-state index is -0.125. The van der Waals surface area contributed by atoms with Gasteiger partial charge in [0, 0.05) is 5.56 Å². The van der Waals surface area contributed by atoms with Gasteiger partial charge in [-0.2, -0.15) is 0 Å². The number of nitrogens with zero attached hydrogens (tertiary/aromatic N) is 1. The van der Waals surface area contributed by atoms with E-state index in [9.17, 15) is 4.79 Å². The van der Waals surface area contributed by atoms with Gasteiger partial charge in [0.15, 0.2) is 0 Å². The van der Waals surface area contributed by atoms with Gasteiger partial charge in [-0.3, -0.25) is 4.79 Å². The van der Waals surface area contributed by atoms with Crippen LogP contribution in [0.3, 0.4) is 0 Å². The van der Waals surface area contributed by atoms with E-state index >= 15 is 0 Å². The van der Waals surface area contributed by atoms with Crippen molar-refractivity contribution in [1.29, 1.82) is 0 Å². The average Bonchev–Trinajstić information content (AvgIpc) is 2.48. The molecule has 0 amide bonds. The molecule has 1 N–H and O–H groups in total. The summed E-state index contributed by atoms with van der Waals surface area (Å²) < 4.78 is 5.40. The molecule has 0 unspecified atom stereocenters. The van der Waals surface area contributed by atoms with Gasteiger partial charge in [-0.05, 0) is 43.3 Å². The Morgan fingerprint density at radius 3 is 2.52 bits per heavy atom. The molecule has 0 aliphatic rings. The molecule has 0 atom stereocenters. The van der Waals surface area contributed by atoms with Crippen molar-refractivity contribution in [2.45, 2.75) is 6.92 Å². The second-order valence-electron chi connectivity index (χ2n) is 4.39. The van der Waals surface area contributed by atoms with Gasteiger partial charge in [0.25, 0.3) is 5.56 Å². The van der Waals surface area contributed by atoms with Crippen molar-refractivity contribution in [1.82, 2.24) is 9.97 Å². The van der Waals surface area contributed by atoms with Crippen molar-refractivity contribution in [3.8, 4) is 17.1 Å². The Labute approximate surface area is 128 Å². The monoisotopic (exact) mass is 302 g/mol. The zero-order chi connectivity index (χ0) is 13.9. The van der Waals surface area contributed by atoms with E-state index in [-0.39, 0.29) is 18.0 Å². The quantitative estimate of drug-likeness (QED) is 0.806. The number of fused-ring (bicyclic) bond motifs is 1. The molecule has 2 aromatic carbocycles. The number of halogens is 1. The van der Waals surface area contributed by atoms with Crippen molar-refractivity contribution in [3.05, 3.63) is 58.9 Å². The molecule has 3 rings (SSSR count). The zero-order valence-electron chi connectivity index (χ0n) is 11.5. The van der Waals surface area contributed by atoms with Crippen molar-refractivity contribution in [3.63, 3.8) is 0 Å². The molecule has 0 radical (unpaired) electrons. The normalized spacial score (nSPS) is 10.1. The lowest BCUT2D eigenvalue weighted by Crippen LogP contribution is -2.09. The van der Waals surface area contributed by atoms with Gasteiger partial charge in [0.2, 0.25) is 0 Å². The van der Waals surface area contributed by atoms with Crippen molar-refractivity contribution in [2.75, 3.05) is 6.61 Å². The van der Waals surface area contributed by atoms with Crippen molar-refractivity contribution < 1.29 is 4.74 Å². The Balaban J connectivity index is 0.00000161. The molecule has 108 valence electrons. The maximum absolute atomic E-state index is 12.0. The van der Waals surface area contributed by atoms with Gasteiger partial charge in [-0.15, -0.1) is 12.4 Å². The molecule has 1 heterocycles. The highest BCUT2D eigenvalue weighted by Crippen LogP contribution is 2.20. The second-order valence-corrected chi connectivity index (χ2v) is 4.39. The van der Waals surface area contributed by atoms with E-state index in [4.69, 9.17) is 4.74 Å². The van der Waals surface area contributed by atoms with E-state index in [1.807, 2.05) is 49.4 Å². The van der Waals surface area contributed by atoms with Gasteiger partial charge in [-0.25, -0.2) is 4.98 Å². The van der Waals surface area contributed by atoms with Crippen LogP contribution >= 0.6 is 12.4 Å². The summed E-state index contributed by atoms with van der Waals surface area (Å²) in [6.07, 6.45) is 0. The summed E-state index contributed by atoms with van der Waals surface area (Å²) >= 11 is 0. The molecular weight excluding hydrogens is 288 g/mol. The lowest BCUT2D eigenvalue weighted by molar-refractivity contribution is 0.340. The summed E-state index contributed by atoms with van der Waals surface area (Å²) in [5, 5.41) is 0.599. The van der Waals surface area contributed by atoms with E-state index < -0.39 is 0 Å². The fourth-order valence-corrected chi connectivity index (χ4v) is 2.10. The number of ether oxygens (including phenoxy) is 1. The van der Waals surface area contributed by atoms with Crippen LogP contribution in [-0.2, 0) is 0 Å². The fraction of sp³-hybridized carbons (Fsp3) is 0.125. The largest absolute Gasteiger partial charge is 0.494 e. The first-order valence-electron chi connectivity index (χ1n) is 6.50. The smallest absolute Gasteiger partial charge is 0.259 e. The number of rotatable bonds is 3. The van der Waals surface area contributed by atoms with Gasteiger partial charge >= 0.3 is 0 Å². The minimum absolute atomic E-state index is 0. The summed E-state index contributed by atoms with van der Waals surface area (Å²) in [6, 6.07) is 14.8. The molecule has 0 fully saturated rings. The summed E-state index contributed by atoms with van der Waals surface area (Å²) in [5.74, 6) is 1.37. The lowest BCUT2D eigenvalue weighted by Gasteiger charge is -2.05. The maximum atomic E-state index is 12.0. The summed E-state index contributed by atoms with van der Waals surface area (Å²) in [7, 11) is 0. The first kappa shape index (κ1) is 15.1. The van der Waals surface area contributed by atoms with Crippen molar-refractivity contribution >= 4 is 23.3 Å². The SMILES string of the molecule is CCOc1ccc(-c2nc3ccccc3c(=O)[nH]2)cc1.Cl. The highest BCUT2D eigenvalue weighted by molar-refractivity contribution is 5.85. The predicted molar refractivity (Wildman–Crippen MR) is 86.2 cm³/mol. The highest BCUT2D eigenvalue weighted by atomic mass is 35.5. The van der Waals surface area contributed by atoms with Crippen LogP contribution in [0.25, 0.3) is 22.3 Å². The van der Waals surface area contributed by atoms with Gasteiger partial charge in [0.05, 0.1) is 17.5 Å². The van der Waals surface area contributed by atoms with Gasteiger partial charge in [0.1, 0.15) is 11.6 Å². The van der Waals surface area contributed by atoms with Crippen LogP contribution in [0.2, 0.25) is 0 Å². The Morgan fingerprint density at radius 1 is 1.10 bits per heavy atom. The molecule has 1 aromatic heterocycles. The van der Waals surface area contributed by atoms with Crippen LogP contribution in [-0.4, -0.2) is 16.6 Å². The molecule has 5 heteroatoms. The van der Waals surface area contributed by atoms with Gasteiger partial charge < -0.3 is 9.72 Å². The Kier molecular flexibility index (Phi) is 4.60. The third kappa shape index (κ3) is 3.06. The topological polar surface area (TPSA) is 55.0 Å². The summed E-state index contributed by atoms with van der Waals surface area (Å²) in [5.41, 5.74) is 1.43. The second kappa shape index (κ2) is 6.41. The third-order valence-electron chi connectivity index (χ3n) is 3.05. The van der Waals surface area contributed by atoms with E-state index in [1.54, 1.807) is 6.07 Å². The first-order chi connectivity index (χ1) is 9.78. The molecule has 0 spiro atoms. The van der Waals surface area contributed by atoms with E-state index in [0.717, 1.165) is 11.3 Å². The number of para-hydroxylation sites is 1. The number of nitrogens with one attached hydrogen (secondary N) is 1. The van der Waals surface area contributed by atoms with Gasteiger partial charge in [-0.1, -0.05) is 12.1 Å². The third-order valence-corrected chi connectivity index (χ3v) is 3.05. The molecular formula is C16H15ClN2O2. The highest BCUT2D eigenvalue weighted by Gasteiger charge is 2.05. The van der Waals surface area contributed by atoms with E-state index in [1.165, 1.54) is 0 Å². The number of hydrogen-bond donors (Lipinski definition) is 1. The number of benzene rings is 2. The molecule has 0 saturated carbocycles. The zero-order valence-corrected chi connectivity index (χ0v) is 12.3. The van der Waals surface area contributed by atoms with Crippen LogP contribution in [0, 0.1) is 0 Å². The van der Waals surface area contributed by atoms with Crippen LogP contribution in [0.1, 0.15) is 6.92 Å². The molecule has 0 aliphatic heterocycles. The van der Waals surface area contributed by atoms with E-state index in [0.29, 0.717) is 23.3 Å². The number of hydrogen-bond acceptors (Lipinski definition) is 3. The van der Waals surface area contributed by atoms with Crippen LogP contribution in [0.5, 0.6) is 5.75 Å². The molecule has 4 nitrogen and oxygen atoms in total. The molecule has 0 aliphatic carbocycles. The Bertz CT molecular complexity index is 797. The standard InChI is InChI=1S/C16H14N2O2.ClH/c1-2-20-12-9-7-11(8-10-12)15-17-14-6-4-3-5-13(14)16(19)18-15;/h3-10H,2H2,1H3,(H,17,18,19);1H. The lowest BCUT2D eigenvalue weighted by atomic mass is 10.2. The Morgan fingerprint density at radius 2 is 1.81 bits per heavy atom. The molecule has 21 heavy (non-hydrogen) atoms. The van der Waals surface area contributed by atoms with E-state index in [2.05, 4.69) is 9.97 Å². The Hall–Kier alpha value is -2.33. The van der Waals surface area contributed by atoms with Crippen LogP contribution in [0.4, 0.5) is 0 Å². The summed E-state index contributed by atoms with van der Waals surface area (Å²) in [4.78, 5) is 19.3. The maximum Gasteiger partial charge on any atom is 0.259 e. The minimum Gasteiger partial charge on any atom is -0.494 e. The summed E-state index contributed by atoms with van der Waals surface area (Å²) in [6.45, 7) is 2.57. The van der Waals surface area contributed by atoms with Crippen molar-refractivity contribution in [2.24, 2.45) is 0 Å². The molecule has 0 saturated heterocycles.